The molecular weight excluding hydrogens is 352 g/mol. The van der Waals surface area contributed by atoms with E-state index in [-0.39, 0.29) is 5.92 Å². The SMILES string of the molecule is CCc1cc(C(c2ccccc2)c2cccc(N)c2N)c(CC)c(CC)c1CC. The molecule has 0 spiro atoms. The first-order chi connectivity index (χ1) is 14.1. The largest absolute Gasteiger partial charge is 0.397 e. The molecule has 1 unspecified atom stereocenters. The number of hydrogen-bond donors (Lipinski definition) is 2. The predicted molar refractivity (Wildman–Crippen MR) is 127 cm³/mol. The zero-order chi connectivity index (χ0) is 21.0. The van der Waals surface area contributed by atoms with Crippen molar-refractivity contribution >= 4 is 11.4 Å². The second-order valence-corrected chi connectivity index (χ2v) is 7.67. The number of nitrogen functional groups attached to an aromatic ring is 2. The van der Waals surface area contributed by atoms with Crippen molar-refractivity contribution in [3.8, 4) is 0 Å². The molecule has 3 aromatic carbocycles. The zero-order valence-electron chi connectivity index (χ0n) is 18.3. The number of aryl methyl sites for hydroxylation is 1. The fourth-order valence-electron chi connectivity index (χ4n) is 4.80. The average molecular weight is 387 g/mol. The van der Waals surface area contributed by atoms with Crippen LogP contribution in [0.2, 0.25) is 0 Å². The van der Waals surface area contributed by atoms with Crippen LogP contribution in [0.15, 0.2) is 54.6 Å². The van der Waals surface area contributed by atoms with Crippen LogP contribution in [0.25, 0.3) is 0 Å². The summed E-state index contributed by atoms with van der Waals surface area (Å²) in [6.45, 7) is 9.09. The fraction of sp³-hybridized carbons (Fsp3) is 0.333. The minimum Gasteiger partial charge on any atom is -0.397 e. The molecule has 29 heavy (non-hydrogen) atoms. The van der Waals surface area contributed by atoms with Gasteiger partial charge in [0.2, 0.25) is 0 Å². The first-order valence-corrected chi connectivity index (χ1v) is 10.9. The van der Waals surface area contributed by atoms with E-state index in [0.717, 1.165) is 31.2 Å². The molecule has 2 heteroatoms. The van der Waals surface area contributed by atoms with E-state index in [1.807, 2.05) is 12.1 Å². The van der Waals surface area contributed by atoms with Crippen LogP contribution in [-0.2, 0) is 25.7 Å². The van der Waals surface area contributed by atoms with Crippen LogP contribution in [0.3, 0.4) is 0 Å². The van der Waals surface area contributed by atoms with Crippen LogP contribution >= 0.6 is 0 Å². The lowest BCUT2D eigenvalue weighted by Gasteiger charge is -2.28. The highest BCUT2D eigenvalue weighted by Crippen LogP contribution is 2.41. The Labute approximate surface area is 176 Å². The third-order valence-corrected chi connectivity index (χ3v) is 6.16. The van der Waals surface area contributed by atoms with E-state index >= 15 is 0 Å². The fourth-order valence-corrected chi connectivity index (χ4v) is 4.80. The molecule has 0 heterocycles. The molecule has 0 aliphatic heterocycles. The molecule has 2 nitrogen and oxygen atoms in total. The molecule has 1 atom stereocenters. The molecule has 4 N–H and O–H groups in total. The highest BCUT2D eigenvalue weighted by Gasteiger charge is 2.25. The average Bonchev–Trinajstić information content (AvgIpc) is 2.76. The first-order valence-electron chi connectivity index (χ1n) is 10.9. The number of benzene rings is 3. The molecule has 3 aromatic rings. The summed E-state index contributed by atoms with van der Waals surface area (Å²) in [5.74, 6) is 0.0798. The highest BCUT2D eigenvalue weighted by atomic mass is 14.7. The summed E-state index contributed by atoms with van der Waals surface area (Å²) in [4.78, 5) is 0. The van der Waals surface area contributed by atoms with Gasteiger partial charge < -0.3 is 11.5 Å². The maximum absolute atomic E-state index is 6.52. The van der Waals surface area contributed by atoms with Crippen molar-refractivity contribution in [2.75, 3.05) is 11.5 Å². The Balaban J connectivity index is 2.39. The summed E-state index contributed by atoms with van der Waals surface area (Å²) >= 11 is 0. The minimum absolute atomic E-state index is 0.0798. The van der Waals surface area contributed by atoms with E-state index in [2.05, 4.69) is 70.2 Å². The van der Waals surface area contributed by atoms with Gasteiger partial charge in [-0.1, -0.05) is 76.2 Å². The Kier molecular flexibility index (Phi) is 6.64. The van der Waals surface area contributed by atoms with E-state index in [4.69, 9.17) is 11.5 Å². The Morgan fingerprint density at radius 2 is 1.31 bits per heavy atom. The molecule has 0 fully saturated rings. The number of anilines is 2. The molecule has 0 saturated heterocycles. The maximum Gasteiger partial charge on any atom is 0.0590 e. The lowest BCUT2D eigenvalue weighted by molar-refractivity contribution is 0.882. The van der Waals surface area contributed by atoms with E-state index in [1.165, 1.54) is 33.4 Å². The van der Waals surface area contributed by atoms with Crippen LogP contribution < -0.4 is 11.5 Å². The van der Waals surface area contributed by atoms with Crippen molar-refractivity contribution in [1.82, 2.24) is 0 Å². The normalized spacial score (nSPS) is 12.1. The van der Waals surface area contributed by atoms with Crippen LogP contribution in [0.1, 0.15) is 72.6 Å². The topological polar surface area (TPSA) is 52.0 Å². The smallest absolute Gasteiger partial charge is 0.0590 e. The van der Waals surface area contributed by atoms with Gasteiger partial charge >= 0.3 is 0 Å². The lowest BCUT2D eigenvalue weighted by atomic mass is 9.77. The Bertz CT molecular complexity index is 974. The molecule has 0 amide bonds. The quantitative estimate of drug-likeness (QED) is 0.371. The van der Waals surface area contributed by atoms with Crippen LogP contribution in [0, 0.1) is 0 Å². The summed E-state index contributed by atoms with van der Waals surface area (Å²) < 4.78 is 0. The van der Waals surface area contributed by atoms with Crippen molar-refractivity contribution in [1.29, 1.82) is 0 Å². The van der Waals surface area contributed by atoms with Crippen molar-refractivity contribution in [3.63, 3.8) is 0 Å². The molecule has 0 bridgehead atoms. The van der Waals surface area contributed by atoms with E-state index < -0.39 is 0 Å². The van der Waals surface area contributed by atoms with Gasteiger partial charge in [-0.15, -0.1) is 0 Å². The molecule has 0 aliphatic carbocycles. The summed E-state index contributed by atoms with van der Waals surface area (Å²) in [7, 11) is 0. The van der Waals surface area contributed by atoms with Crippen LogP contribution in [0.5, 0.6) is 0 Å². The molecule has 3 rings (SSSR count). The van der Waals surface area contributed by atoms with Gasteiger partial charge in [-0.3, -0.25) is 0 Å². The van der Waals surface area contributed by atoms with Gasteiger partial charge in [0.15, 0.2) is 0 Å². The summed E-state index contributed by atoms with van der Waals surface area (Å²) in [6, 6.07) is 19.2. The van der Waals surface area contributed by atoms with Crippen LogP contribution in [-0.4, -0.2) is 0 Å². The highest BCUT2D eigenvalue weighted by molar-refractivity contribution is 5.71. The van der Waals surface area contributed by atoms with Gasteiger partial charge in [0.1, 0.15) is 0 Å². The Hall–Kier alpha value is -2.74. The third-order valence-electron chi connectivity index (χ3n) is 6.16. The number of para-hydroxylation sites is 1. The van der Waals surface area contributed by atoms with E-state index in [9.17, 15) is 0 Å². The number of nitrogens with two attached hydrogens (primary N) is 2. The Morgan fingerprint density at radius 3 is 1.90 bits per heavy atom. The summed E-state index contributed by atoms with van der Waals surface area (Å²) in [6.07, 6.45) is 4.19. The second kappa shape index (κ2) is 9.17. The molecule has 0 aliphatic rings. The Morgan fingerprint density at radius 1 is 0.655 bits per heavy atom. The van der Waals surface area contributed by atoms with Crippen molar-refractivity contribution < 1.29 is 0 Å². The molecule has 0 radical (unpaired) electrons. The van der Waals surface area contributed by atoms with Gasteiger partial charge in [-0.2, -0.15) is 0 Å². The van der Waals surface area contributed by atoms with Gasteiger partial charge in [-0.25, -0.2) is 0 Å². The first kappa shape index (κ1) is 21.0. The second-order valence-electron chi connectivity index (χ2n) is 7.67. The van der Waals surface area contributed by atoms with Gasteiger partial charge in [0.25, 0.3) is 0 Å². The standard InChI is InChI=1S/C27H34N2/c1-5-18-17-24(22(8-4)21(7-3)20(18)6-2)26(19-13-10-9-11-14-19)23-15-12-16-25(28)27(23)29/h9-17,26H,5-8,28-29H2,1-4H3. The zero-order valence-corrected chi connectivity index (χ0v) is 18.3. The summed E-state index contributed by atoms with van der Waals surface area (Å²) in [5.41, 5.74) is 23.8. The molecule has 0 saturated carbocycles. The summed E-state index contributed by atoms with van der Waals surface area (Å²) in [5, 5.41) is 0. The van der Waals surface area contributed by atoms with E-state index in [1.54, 1.807) is 0 Å². The van der Waals surface area contributed by atoms with Crippen LogP contribution in [0.4, 0.5) is 11.4 Å². The van der Waals surface area contributed by atoms with Gasteiger partial charge in [0.05, 0.1) is 11.4 Å². The van der Waals surface area contributed by atoms with E-state index in [0.29, 0.717) is 11.4 Å². The minimum atomic E-state index is 0.0798. The predicted octanol–water partition coefficient (Wildman–Crippen LogP) is 6.28. The lowest BCUT2D eigenvalue weighted by Crippen LogP contribution is -2.14. The number of rotatable bonds is 7. The van der Waals surface area contributed by atoms with Crippen molar-refractivity contribution in [3.05, 3.63) is 93.5 Å². The molecular formula is C27H34N2. The third kappa shape index (κ3) is 3.89. The molecule has 0 aromatic heterocycles. The van der Waals surface area contributed by atoms with Crippen molar-refractivity contribution in [2.45, 2.75) is 59.3 Å². The number of hydrogen-bond acceptors (Lipinski definition) is 2. The maximum atomic E-state index is 6.52. The van der Waals surface area contributed by atoms with Gasteiger partial charge in [-0.05, 0) is 70.7 Å². The molecule has 152 valence electrons. The monoisotopic (exact) mass is 386 g/mol. The van der Waals surface area contributed by atoms with Gasteiger partial charge in [0, 0.05) is 5.92 Å². The van der Waals surface area contributed by atoms with Crippen molar-refractivity contribution in [2.24, 2.45) is 0 Å².